The van der Waals surface area contributed by atoms with Gasteiger partial charge in [0, 0.05) is 39.8 Å². The molecule has 5 nitrogen and oxygen atoms in total. The van der Waals surface area contributed by atoms with Crippen LogP contribution in [-0.4, -0.2) is 87.1 Å². The zero-order valence-electron chi connectivity index (χ0n) is 17.2. The molecular formula is C20H41N5. The van der Waals surface area contributed by atoms with E-state index in [9.17, 15) is 0 Å². The van der Waals surface area contributed by atoms with Gasteiger partial charge in [0.05, 0.1) is 0 Å². The van der Waals surface area contributed by atoms with Gasteiger partial charge in [-0.05, 0) is 64.2 Å². The molecule has 5 heteroatoms. The minimum absolute atomic E-state index is 0.461. The van der Waals surface area contributed by atoms with Gasteiger partial charge in [-0.15, -0.1) is 0 Å². The van der Waals surface area contributed by atoms with E-state index in [0.717, 1.165) is 25.6 Å². The van der Waals surface area contributed by atoms with E-state index in [-0.39, 0.29) is 0 Å². The monoisotopic (exact) mass is 351 g/mol. The van der Waals surface area contributed by atoms with Gasteiger partial charge in [0.2, 0.25) is 0 Å². The lowest BCUT2D eigenvalue weighted by atomic mass is 9.78. The molecule has 146 valence electrons. The summed E-state index contributed by atoms with van der Waals surface area (Å²) in [5.41, 5.74) is 0.461. The quantitative estimate of drug-likeness (QED) is 0.453. The van der Waals surface area contributed by atoms with Crippen molar-refractivity contribution in [2.75, 3.05) is 66.5 Å². The molecule has 0 bridgehead atoms. The molecule has 2 rings (SSSR count). The molecule has 2 saturated heterocycles. The minimum Gasteiger partial charge on any atom is -0.356 e. The molecule has 1 unspecified atom stereocenters. The molecule has 0 saturated carbocycles. The summed E-state index contributed by atoms with van der Waals surface area (Å²) in [7, 11) is 4.17. The second-order valence-corrected chi connectivity index (χ2v) is 8.41. The van der Waals surface area contributed by atoms with Gasteiger partial charge in [-0.1, -0.05) is 20.3 Å². The van der Waals surface area contributed by atoms with E-state index in [2.05, 4.69) is 45.9 Å². The summed E-state index contributed by atoms with van der Waals surface area (Å²) in [6.45, 7) is 14.2. The number of hydrogen-bond acceptors (Lipinski definition) is 3. The number of rotatable bonds is 6. The van der Waals surface area contributed by atoms with Gasteiger partial charge < -0.3 is 20.0 Å². The fourth-order valence-corrected chi connectivity index (χ4v) is 4.46. The number of piperidine rings is 1. The van der Waals surface area contributed by atoms with Crippen molar-refractivity contribution >= 4 is 5.96 Å². The van der Waals surface area contributed by atoms with Crippen LogP contribution in [-0.2, 0) is 0 Å². The van der Waals surface area contributed by atoms with Gasteiger partial charge in [-0.2, -0.15) is 0 Å². The first-order valence-electron chi connectivity index (χ1n) is 10.4. The highest BCUT2D eigenvalue weighted by atomic mass is 15.3. The molecule has 0 aromatic rings. The first-order chi connectivity index (χ1) is 12.1. The van der Waals surface area contributed by atoms with Crippen molar-refractivity contribution in [3.05, 3.63) is 0 Å². The molecule has 0 aliphatic carbocycles. The van der Waals surface area contributed by atoms with E-state index in [1.165, 1.54) is 71.2 Å². The molecule has 0 aromatic heterocycles. The summed E-state index contributed by atoms with van der Waals surface area (Å²) in [6, 6.07) is 0. The first kappa shape index (κ1) is 20.5. The van der Waals surface area contributed by atoms with Gasteiger partial charge in [-0.3, -0.25) is 4.99 Å². The van der Waals surface area contributed by atoms with Crippen LogP contribution in [0.4, 0.5) is 0 Å². The zero-order chi connectivity index (χ0) is 18.1. The summed E-state index contributed by atoms with van der Waals surface area (Å²) in [6.07, 6.45) is 7.75. The number of aliphatic imine (C=N–C) groups is 1. The number of guanidine groups is 1. The Morgan fingerprint density at radius 2 is 1.96 bits per heavy atom. The summed E-state index contributed by atoms with van der Waals surface area (Å²) >= 11 is 0. The highest BCUT2D eigenvalue weighted by Crippen LogP contribution is 2.33. The minimum atomic E-state index is 0.461. The predicted molar refractivity (Wildman–Crippen MR) is 108 cm³/mol. The second kappa shape index (κ2) is 10.4. The Hall–Kier alpha value is -0.810. The lowest BCUT2D eigenvalue weighted by Crippen LogP contribution is -2.50. The largest absolute Gasteiger partial charge is 0.356 e. The average molecular weight is 352 g/mol. The van der Waals surface area contributed by atoms with E-state index < -0.39 is 0 Å². The van der Waals surface area contributed by atoms with Crippen molar-refractivity contribution in [3.63, 3.8) is 0 Å². The summed E-state index contributed by atoms with van der Waals surface area (Å²) in [5, 5.41) is 3.62. The molecular weight excluding hydrogens is 310 g/mol. The van der Waals surface area contributed by atoms with Crippen LogP contribution in [0, 0.1) is 5.41 Å². The van der Waals surface area contributed by atoms with Crippen LogP contribution in [0.25, 0.3) is 0 Å². The van der Waals surface area contributed by atoms with Crippen LogP contribution < -0.4 is 5.32 Å². The SMILES string of the molecule is CCCC1(C)CCCN(C(=NC)NCCCN2CCCN(C)CC2)C1. The normalized spacial score (nSPS) is 27.4. The van der Waals surface area contributed by atoms with Crippen molar-refractivity contribution in [3.8, 4) is 0 Å². The van der Waals surface area contributed by atoms with Crippen LogP contribution in [0.3, 0.4) is 0 Å². The third kappa shape index (κ3) is 6.78. The van der Waals surface area contributed by atoms with Crippen molar-refractivity contribution < 1.29 is 0 Å². The molecule has 0 aromatic carbocycles. The van der Waals surface area contributed by atoms with Crippen LogP contribution in [0.15, 0.2) is 4.99 Å². The van der Waals surface area contributed by atoms with E-state index in [1.54, 1.807) is 0 Å². The summed E-state index contributed by atoms with van der Waals surface area (Å²) in [5.74, 6) is 1.11. The molecule has 0 spiro atoms. The van der Waals surface area contributed by atoms with Gasteiger partial charge in [0.1, 0.15) is 0 Å². The Morgan fingerprint density at radius 1 is 1.12 bits per heavy atom. The Bertz CT molecular complexity index is 407. The number of nitrogens with zero attached hydrogens (tertiary/aromatic N) is 4. The molecule has 1 N–H and O–H groups in total. The second-order valence-electron chi connectivity index (χ2n) is 8.41. The Labute approximate surface area is 155 Å². The number of likely N-dealkylation sites (tertiary alicyclic amines) is 1. The molecule has 1 atom stereocenters. The molecule has 0 amide bonds. The maximum Gasteiger partial charge on any atom is 0.193 e. The number of likely N-dealkylation sites (N-methyl/N-ethyl adjacent to an activating group) is 1. The van der Waals surface area contributed by atoms with E-state index in [0.29, 0.717) is 5.41 Å². The van der Waals surface area contributed by atoms with Gasteiger partial charge >= 0.3 is 0 Å². The average Bonchev–Trinajstić information content (AvgIpc) is 2.79. The lowest BCUT2D eigenvalue weighted by Gasteiger charge is -2.42. The first-order valence-corrected chi connectivity index (χ1v) is 10.4. The predicted octanol–water partition coefficient (Wildman–Crippen LogP) is 2.49. The number of nitrogens with one attached hydrogen (secondary N) is 1. The molecule has 25 heavy (non-hydrogen) atoms. The molecule has 0 radical (unpaired) electrons. The van der Waals surface area contributed by atoms with Crippen molar-refractivity contribution in [2.45, 2.75) is 52.4 Å². The van der Waals surface area contributed by atoms with E-state index in [1.807, 2.05) is 7.05 Å². The maximum atomic E-state index is 4.56. The summed E-state index contributed by atoms with van der Waals surface area (Å²) < 4.78 is 0. The van der Waals surface area contributed by atoms with Gasteiger partial charge in [0.15, 0.2) is 5.96 Å². The van der Waals surface area contributed by atoms with Crippen LogP contribution in [0.1, 0.15) is 52.4 Å². The van der Waals surface area contributed by atoms with Crippen LogP contribution in [0.2, 0.25) is 0 Å². The molecule has 2 aliphatic rings. The Kier molecular flexibility index (Phi) is 8.50. The fourth-order valence-electron chi connectivity index (χ4n) is 4.46. The van der Waals surface area contributed by atoms with Crippen molar-refractivity contribution in [1.29, 1.82) is 0 Å². The highest BCUT2D eigenvalue weighted by Gasteiger charge is 2.31. The van der Waals surface area contributed by atoms with Gasteiger partial charge in [0.25, 0.3) is 0 Å². The topological polar surface area (TPSA) is 34.1 Å². The standard InChI is InChI=1S/C20H41N5/c1-5-9-20(2)10-6-15-25(18-20)19(21-3)22-11-7-13-24-14-8-12-23(4)16-17-24/h5-18H2,1-4H3,(H,21,22). The lowest BCUT2D eigenvalue weighted by molar-refractivity contribution is 0.142. The fraction of sp³-hybridized carbons (Fsp3) is 0.950. The molecule has 2 fully saturated rings. The Morgan fingerprint density at radius 3 is 2.72 bits per heavy atom. The van der Waals surface area contributed by atoms with Crippen molar-refractivity contribution in [2.24, 2.45) is 10.4 Å². The molecule has 2 heterocycles. The smallest absolute Gasteiger partial charge is 0.193 e. The number of hydrogen-bond donors (Lipinski definition) is 1. The maximum absolute atomic E-state index is 4.56. The third-order valence-corrected chi connectivity index (χ3v) is 5.89. The zero-order valence-corrected chi connectivity index (χ0v) is 17.2. The highest BCUT2D eigenvalue weighted by molar-refractivity contribution is 5.80. The Balaban J connectivity index is 1.71. The third-order valence-electron chi connectivity index (χ3n) is 5.89. The van der Waals surface area contributed by atoms with Crippen LogP contribution >= 0.6 is 0 Å². The van der Waals surface area contributed by atoms with E-state index in [4.69, 9.17) is 0 Å². The summed E-state index contributed by atoms with van der Waals surface area (Å²) in [4.78, 5) is 12.1. The van der Waals surface area contributed by atoms with Crippen LogP contribution in [0.5, 0.6) is 0 Å². The van der Waals surface area contributed by atoms with Gasteiger partial charge in [-0.25, -0.2) is 0 Å². The van der Waals surface area contributed by atoms with E-state index >= 15 is 0 Å². The molecule has 2 aliphatic heterocycles. The van der Waals surface area contributed by atoms with Crippen molar-refractivity contribution in [1.82, 2.24) is 20.0 Å².